The Hall–Kier alpha value is -2.03. The first-order chi connectivity index (χ1) is 7.36. The molecule has 0 radical (unpaired) electrons. The van der Waals surface area contributed by atoms with Crippen LogP contribution in [0.25, 0.3) is 17.9 Å². The molecule has 1 aliphatic carbocycles. The highest BCUT2D eigenvalue weighted by Crippen LogP contribution is 2.01. The zero-order chi connectivity index (χ0) is 10.3. The molecule has 3 heteroatoms. The number of fused-ring (bicyclic) bond motifs is 3. The summed E-state index contributed by atoms with van der Waals surface area (Å²) in [6, 6.07) is 0. The van der Waals surface area contributed by atoms with Crippen molar-refractivity contribution in [2.45, 2.75) is 6.54 Å². The standard InChI is InChI=1S/C12H10N2O/c15-10-6-2-1-5-9-12(10)14-8-4-3-7-11(14)13-9/h1-7,15H,8H2. The fourth-order valence-corrected chi connectivity index (χ4v) is 1.88. The van der Waals surface area contributed by atoms with E-state index in [0.29, 0.717) is 0 Å². The van der Waals surface area contributed by atoms with E-state index in [4.69, 9.17) is 0 Å². The molecule has 0 bridgehead atoms. The van der Waals surface area contributed by atoms with Gasteiger partial charge in [0.1, 0.15) is 16.6 Å². The summed E-state index contributed by atoms with van der Waals surface area (Å²) in [7, 11) is 0. The minimum Gasteiger partial charge on any atom is -0.506 e. The molecule has 0 unspecified atom stereocenters. The third-order valence-corrected chi connectivity index (χ3v) is 2.56. The predicted molar refractivity (Wildman–Crippen MR) is 59.3 cm³/mol. The third-order valence-electron chi connectivity index (χ3n) is 2.56. The molecule has 1 aromatic rings. The SMILES string of the molecule is OC1=c2c(nc3n2CC=CC=3)C=CC=C1. The van der Waals surface area contributed by atoms with Crippen LogP contribution in [0.15, 0.2) is 30.4 Å². The number of hydrogen-bond donors (Lipinski definition) is 1. The highest BCUT2D eigenvalue weighted by Gasteiger charge is 2.09. The Morgan fingerprint density at radius 1 is 1.20 bits per heavy atom. The maximum absolute atomic E-state index is 9.88. The van der Waals surface area contributed by atoms with Crippen molar-refractivity contribution in [2.24, 2.45) is 0 Å². The molecule has 1 aliphatic heterocycles. The second kappa shape index (κ2) is 2.98. The van der Waals surface area contributed by atoms with Gasteiger partial charge in [0.15, 0.2) is 0 Å². The molecule has 0 atom stereocenters. The van der Waals surface area contributed by atoms with Crippen LogP contribution in [0, 0.1) is 0 Å². The number of allylic oxidation sites excluding steroid dienone is 4. The van der Waals surface area contributed by atoms with Gasteiger partial charge in [0.25, 0.3) is 0 Å². The molecule has 3 nitrogen and oxygen atoms in total. The van der Waals surface area contributed by atoms with Crippen LogP contribution in [0.2, 0.25) is 0 Å². The van der Waals surface area contributed by atoms with Crippen molar-refractivity contribution in [3.05, 3.63) is 46.9 Å². The molecule has 0 fully saturated rings. The van der Waals surface area contributed by atoms with Crippen molar-refractivity contribution < 1.29 is 5.11 Å². The number of aromatic nitrogens is 2. The zero-order valence-corrected chi connectivity index (χ0v) is 8.09. The lowest BCUT2D eigenvalue weighted by Gasteiger charge is -2.02. The van der Waals surface area contributed by atoms with E-state index >= 15 is 0 Å². The van der Waals surface area contributed by atoms with Gasteiger partial charge in [0.05, 0.1) is 5.69 Å². The smallest absolute Gasteiger partial charge is 0.141 e. The summed E-state index contributed by atoms with van der Waals surface area (Å²) in [4.78, 5) is 4.45. The summed E-state index contributed by atoms with van der Waals surface area (Å²) in [5.41, 5.74) is 1.72. The molecule has 0 saturated carbocycles. The van der Waals surface area contributed by atoms with Crippen LogP contribution in [0.1, 0.15) is 5.69 Å². The molecule has 0 saturated heterocycles. The highest BCUT2D eigenvalue weighted by atomic mass is 16.3. The molecule has 2 aliphatic rings. The van der Waals surface area contributed by atoms with Gasteiger partial charge in [-0.2, -0.15) is 0 Å². The van der Waals surface area contributed by atoms with E-state index in [9.17, 15) is 5.11 Å². The minimum absolute atomic E-state index is 0.275. The fourth-order valence-electron chi connectivity index (χ4n) is 1.88. The van der Waals surface area contributed by atoms with Crippen LogP contribution in [-0.4, -0.2) is 14.7 Å². The van der Waals surface area contributed by atoms with Crippen molar-refractivity contribution in [1.29, 1.82) is 0 Å². The number of rotatable bonds is 0. The van der Waals surface area contributed by atoms with Gasteiger partial charge in [-0.15, -0.1) is 0 Å². The lowest BCUT2D eigenvalue weighted by Crippen LogP contribution is -2.30. The van der Waals surface area contributed by atoms with E-state index in [1.165, 1.54) is 0 Å². The first-order valence-corrected chi connectivity index (χ1v) is 4.88. The topological polar surface area (TPSA) is 38.1 Å². The number of hydrogen-bond acceptors (Lipinski definition) is 2. The summed E-state index contributed by atoms with van der Waals surface area (Å²) in [5.74, 6) is 0.275. The van der Waals surface area contributed by atoms with Crippen LogP contribution in [0.3, 0.4) is 0 Å². The van der Waals surface area contributed by atoms with Crippen molar-refractivity contribution in [1.82, 2.24) is 9.55 Å². The lowest BCUT2D eigenvalue weighted by molar-refractivity contribution is 0.504. The van der Waals surface area contributed by atoms with E-state index < -0.39 is 0 Å². The molecule has 3 rings (SSSR count). The molecular formula is C12H10N2O. The van der Waals surface area contributed by atoms with Crippen LogP contribution in [0.5, 0.6) is 0 Å². The summed E-state index contributed by atoms with van der Waals surface area (Å²) in [5, 5.41) is 10.7. The molecular weight excluding hydrogens is 188 g/mol. The van der Waals surface area contributed by atoms with Crippen LogP contribution < -0.4 is 10.8 Å². The van der Waals surface area contributed by atoms with Gasteiger partial charge in [-0.25, -0.2) is 4.98 Å². The van der Waals surface area contributed by atoms with E-state index in [2.05, 4.69) is 4.98 Å². The van der Waals surface area contributed by atoms with Crippen LogP contribution >= 0.6 is 0 Å². The summed E-state index contributed by atoms with van der Waals surface area (Å²) >= 11 is 0. The number of nitrogens with zero attached hydrogens (tertiary/aromatic N) is 2. The molecule has 1 aromatic heterocycles. The van der Waals surface area contributed by atoms with E-state index in [1.54, 1.807) is 6.08 Å². The van der Waals surface area contributed by atoms with E-state index in [0.717, 1.165) is 23.1 Å². The Morgan fingerprint density at radius 2 is 2.07 bits per heavy atom. The average molecular weight is 198 g/mol. The maximum Gasteiger partial charge on any atom is 0.141 e. The largest absolute Gasteiger partial charge is 0.506 e. The van der Waals surface area contributed by atoms with Gasteiger partial charge in [0, 0.05) is 6.54 Å². The quantitative estimate of drug-likeness (QED) is 0.658. The molecule has 74 valence electrons. The molecule has 2 heterocycles. The van der Waals surface area contributed by atoms with Gasteiger partial charge < -0.3 is 9.67 Å². The van der Waals surface area contributed by atoms with Crippen molar-refractivity contribution in [3.63, 3.8) is 0 Å². The molecule has 0 spiro atoms. The summed E-state index contributed by atoms with van der Waals surface area (Å²) < 4.78 is 2.00. The predicted octanol–water partition coefficient (Wildman–Crippen LogP) is 0.483. The Morgan fingerprint density at radius 3 is 3.00 bits per heavy atom. The highest BCUT2D eigenvalue weighted by molar-refractivity contribution is 5.60. The van der Waals surface area contributed by atoms with Gasteiger partial charge in [-0.05, 0) is 18.2 Å². The lowest BCUT2D eigenvalue weighted by atomic mass is 10.3. The molecule has 15 heavy (non-hydrogen) atoms. The average Bonchev–Trinajstić information content (AvgIpc) is 2.53. The number of aliphatic hydroxyl groups is 1. The zero-order valence-electron chi connectivity index (χ0n) is 8.09. The summed E-state index contributed by atoms with van der Waals surface area (Å²) in [6.45, 7) is 0.764. The monoisotopic (exact) mass is 198 g/mol. The van der Waals surface area contributed by atoms with E-state index in [-0.39, 0.29) is 5.76 Å². The normalized spacial score (nSPS) is 16.9. The van der Waals surface area contributed by atoms with Gasteiger partial charge in [-0.3, -0.25) is 0 Å². The Bertz CT molecular complexity index is 615. The Balaban J connectivity index is 2.48. The Kier molecular flexibility index (Phi) is 1.65. The maximum atomic E-state index is 9.88. The molecule has 1 N–H and O–H groups in total. The third kappa shape index (κ3) is 1.16. The Labute approximate surface area is 86.7 Å². The van der Waals surface area contributed by atoms with Crippen molar-refractivity contribution >= 4 is 17.9 Å². The number of imidazole rings is 1. The van der Waals surface area contributed by atoms with Gasteiger partial charge in [-0.1, -0.05) is 24.3 Å². The van der Waals surface area contributed by atoms with Gasteiger partial charge in [0.2, 0.25) is 0 Å². The first-order valence-electron chi connectivity index (χ1n) is 4.88. The van der Waals surface area contributed by atoms with E-state index in [1.807, 2.05) is 41.0 Å². The molecule has 0 amide bonds. The summed E-state index contributed by atoms with van der Waals surface area (Å²) in [6.07, 6.45) is 13.3. The number of aliphatic hydroxyl groups excluding tert-OH is 1. The van der Waals surface area contributed by atoms with Crippen molar-refractivity contribution in [2.75, 3.05) is 0 Å². The second-order valence-corrected chi connectivity index (χ2v) is 3.51. The van der Waals surface area contributed by atoms with Crippen LogP contribution in [-0.2, 0) is 6.54 Å². The molecule has 0 aromatic carbocycles. The van der Waals surface area contributed by atoms with Crippen molar-refractivity contribution in [3.8, 4) is 0 Å². The first kappa shape index (κ1) is 8.29. The minimum atomic E-state index is 0.275. The van der Waals surface area contributed by atoms with Crippen LogP contribution in [0.4, 0.5) is 0 Å². The second-order valence-electron chi connectivity index (χ2n) is 3.51. The van der Waals surface area contributed by atoms with Gasteiger partial charge >= 0.3 is 0 Å². The fraction of sp³-hybridized carbons (Fsp3) is 0.0833.